The highest BCUT2D eigenvalue weighted by Crippen LogP contribution is 2.27. The van der Waals surface area contributed by atoms with Crippen LogP contribution >= 0.6 is 11.8 Å². The van der Waals surface area contributed by atoms with Gasteiger partial charge in [-0.1, -0.05) is 18.2 Å². The molecule has 1 fully saturated rings. The van der Waals surface area contributed by atoms with Crippen molar-refractivity contribution < 1.29 is 4.79 Å². The fourth-order valence-electron chi connectivity index (χ4n) is 3.05. The van der Waals surface area contributed by atoms with Gasteiger partial charge in [-0.15, -0.1) is 0 Å². The molecule has 1 aromatic rings. The minimum atomic E-state index is 0.193. The van der Waals surface area contributed by atoms with E-state index < -0.39 is 0 Å². The van der Waals surface area contributed by atoms with Gasteiger partial charge in [0.2, 0.25) is 5.91 Å². The van der Waals surface area contributed by atoms with Crippen LogP contribution in [0, 0.1) is 0 Å². The number of para-hydroxylation sites is 1. The summed E-state index contributed by atoms with van der Waals surface area (Å²) in [5, 5.41) is 0. The highest BCUT2D eigenvalue weighted by Gasteiger charge is 2.23. The third-order valence-electron chi connectivity index (χ3n) is 4.35. The number of nitrogens with zero attached hydrogens (tertiary/aromatic N) is 3. The van der Waals surface area contributed by atoms with Crippen LogP contribution in [-0.4, -0.2) is 54.5 Å². The summed E-state index contributed by atoms with van der Waals surface area (Å²) in [6.45, 7) is 3.37. The zero-order valence-corrected chi connectivity index (χ0v) is 14.2. The molecule has 124 valence electrons. The summed E-state index contributed by atoms with van der Waals surface area (Å²) >= 11 is 1.95. The number of benzene rings is 1. The van der Waals surface area contributed by atoms with Gasteiger partial charge in [-0.3, -0.25) is 9.79 Å². The topological polar surface area (TPSA) is 61.9 Å². The molecule has 2 aliphatic rings. The average molecular weight is 332 g/mol. The average Bonchev–Trinajstić information content (AvgIpc) is 3.03. The van der Waals surface area contributed by atoms with Gasteiger partial charge in [0.05, 0.1) is 0 Å². The number of hydrogen-bond donors (Lipinski definition) is 1. The van der Waals surface area contributed by atoms with Gasteiger partial charge in [-0.2, -0.15) is 11.8 Å². The normalized spacial score (nSPS) is 18.2. The van der Waals surface area contributed by atoms with Crippen molar-refractivity contribution in [3.05, 3.63) is 29.8 Å². The maximum Gasteiger partial charge on any atom is 0.227 e. The minimum absolute atomic E-state index is 0.193. The fraction of sp³-hybridized carbons (Fsp3) is 0.529. The number of fused-ring (bicyclic) bond motifs is 1. The van der Waals surface area contributed by atoms with Crippen molar-refractivity contribution in [3.63, 3.8) is 0 Å². The number of nitrogens with two attached hydrogens (primary N) is 1. The molecule has 0 bridgehead atoms. The van der Waals surface area contributed by atoms with Crippen LogP contribution in [0.1, 0.15) is 18.4 Å². The van der Waals surface area contributed by atoms with Crippen molar-refractivity contribution in [3.8, 4) is 0 Å². The third-order valence-corrected chi connectivity index (χ3v) is 5.29. The fourth-order valence-corrected chi connectivity index (χ4v) is 3.95. The van der Waals surface area contributed by atoms with Gasteiger partial charge < -0.3 is 15.5 Å². The second kappa shape index (κ2) is 7.73. The van der Waals surface area contributed by atoms with E-state index >= 15 is 0 Å². The van der Waals surface area contributed by atoms with Crippen LogP contribution < -0.4 is 10.6 Å². The smallest absolute Gasteiger partial charge is 0.227 e. The van der Waals surface area contributed by atoms with Crippen LogP contribution in [0.25, 0.3) is 0 Å². The second-order valence-corrected chi connectivity index (χ2v) is 7.09. The number of hydrogen-bond acceptors (Lipinski definition) is 3. The Morgan fingerprint density at radius 2 is 2.00 bits per heavy atom. The van der Waals surface area contributed by atoms with Crippen LogP contribution in [0.3, 0.4) is 0 Å². The molecule has 0 aromatic heterocycles. The van der Waals surface area contributed by atoms with E-state index in [2.05, 4.69) is 16.0 Å². The quantitative estimate of drug-likeness (QED) is 0.518. The first-order valence-electron chi connectivity index (χ1n) is 8.26. The van der Waals surface area contributed by atoms with E-state index in [4.69, 9.17) is 5.73 Å². The number of thioether (sulfide) groups is 1. The van der Waals surface area contributed by atoms with Crippen LogP contribution in [0.4, 0.5) is 5.69 Å². The predicted molar refractivity (Wildman–Crippen MR) is 97.1 cm³/mol. The minimum Gasteiger partial charge on any atom is -0.370 e. The van der Waals surface area contributed by atoms with Crippen molar-refractivity contribution in [2.45, 2.75) is 19.3 Å². The lowest BCUT2D eigenvalue weighted by Crippen LogP contribution is -2.42. The summed E-state index contributed by atoms with van der Waals surface area (Å²) < 4.78 is 0. The summed E-state index contributed by atoms with van der Waals surface area (Å²) in [7, 11) is 0. The summed E-state index contributed by atoms with van der Waals surface area (Å²) in [5.41, 5.74) is 8.37. The largest absolute Gasteiger partial charge is 0.370 e. The molecule has 0 spiro atoms. The van der Waals surface area contributed by atoms with Crippen molar-refractivity contribution in [2.75, 3.05) is 42.6 Å². The maximum absolute atomic E-state index is 12.4. The van der Waals surface area contributed by atoms with E-state index in [1.54, 1.807) is 0 Å². The van der Waals surface area contributed by atoms with Crippen LogP contribution in [0.2, 0.25) is 0 Å². The summed E-state index contributed by atoms with van der Waals surface area (Å²) in [5.74, 6) is 3.05. The zero-order chi connectivity index (χ0) is 16.1. The molecule has 0 radical (unpaired) electrons. The predicted octanol–water partition coefficient (Wildman–Crippen LogP) is 1.72. The first kappa shape index (κ1) is 16.2. The van der Waals surface area contributed by atoms with Crippen LogP contribution in [0.5, 0.6) is 0 Å². The van der Waals surface area contributed by atoms with Gasteiger partial charge in [-0.25, -0.2) is 0 Å². The molecule has 0 unspecified atom stereocenters. The van der Waals surface area contributed by atoms with Crippen LogP contribution in [0.15, 0.2) is 29.3 Å². The van der Waals surface area contributed by atoms with Gasteiger partial charge in [0.1, 0.15) is 0 Å². The van der Waals surface area contributed by atoms with Gasteiger partial charge in [0, 0.05) is 49.8 Å². The molecule has 5 nitrogen and oxygen atoms in total. The monoisotopic (exact) mass is 332 g/mol. The molecule has 2 aliphatic heterocycles. The maximum atomic E-state index is 12.4. The van der Waals surface area contributed by atoms with E-state index in [0.29, 0.717) is 18.9 Å². The van der Waals surface area contributed by atoms with Crippen LogP contribution in [-0.2, 0) is 11.2 Å². The Hall–Kier alpha value is -1.69. The highest BCUT2D eigenvalue weighted by atomic mass is 32.2. The number of rotatable bonds is 4. The molecule has 23 heavy (non-hydrogen) atoms. The SMILES string of the molecule is NC(=NCCCC(=O)N1CCc2ccccc21)N1CCSCC1. The molecule has 2 N–H and O–H groups in total. The lowest BCUT2D eigenvalue weighted by atomic mass is 10.2. The molecule has 1 amide bonds. The van der Waals surface area contributed by atoms with E-state index in [-0.39, 0.29) is 5.91 Å². The molecule has 0 saturated carbocycles. The van der Waals surface area contributed by atoms with Gasteiger partial charge in [0.25, 0.3) is 0 Å². The third kappa shape index (κ3) is 3.99. The lowest BCUT2D eigenvalue weighted by molar-refractivity contribution is -0.118. The first-order chi connectivity index (χ1) is 11.3. The van der Waals surface area contributed by atoms with Gasteiger partial charge in [0.15, 0.2) is 5.96 Å². The molecule has 1 aromatic carbocycles. The van der Waals surface area contributed by atoms with Gasteiger partial charge in [-0.05, 0) is 24.5 Å². The summed E-state index contributed by atoms with van der Waals surface area (Å²) in [4.78, 5) is 20.9. The van der Waals surface area contributed by atoms with Crippen molar-refractivity contribution >= 4 is 29.3 Å². The zero-order valence-electron chi connectivity index (χ0n) is 13.4. The Bertz CT molecular complexity index is 584. The number of amides is 1. The Labute approximate surface area is 141 Å². The summed E-state index contributed by atoms with van der Waals surface area (Å²) in [6.07, 6.45) is 2.24. The number of anilines is 1. The molecular formula is C17H24N4OS. The van der Waals surface area contributed by atoms with E-state index in [1.807, 2.05) is 34.9 Å². The standard InChI is InChI=1S/C17H24N4OS/c18-17(20-10-12-23-13-11-20)19-8-3-6-16(22)21-9-7-14-4-1-2-5-15(14)21/h1-2,4-5H,3,6-13H2,(H2,18,19). The molecule has 1 saturated heterocycles. The number of aliphatic imine (C=N–C) groups is 1. The molecule has 0 aliphatic carbocycles. The van der Waals surface area contributed by atoms with Gasteiger partial charge >= 0.3 is 0 Å². The van der Waals surface area contributed by atoms with E-state index in [1.165, 1.54) is 5.56 Å². The molecule has 0 atom stereocenters. The summed E-state index contributed by atoms with van der Waals surface area (Å²) in [6, 6.07) is 8.16. The number of guanidine groups is 1. The lowest BCUT2D eigenvalue weighted by Gasteiger charge is -2.27. The Morgan fingerprint density at radius 1 is 1.22 bits per heavy atom. The second-order valence-electron chi connectivity index (χ2n) is 5.87. The van der Waals surface area contributed by atoms with E-state index in [9.17, 15) is 4.79 Å². The van der Waals surface area contributed by atoms with Crippen molar-refractivity contribution in [1.29, 1.82) is 0 Å². The molecular weight excluding hydrogens is 308 g/mol. The van der Waals surface area contributed by atoms with E-state index in [0.717, 1.165) is 49.7 Å². The first-order valence-corrected chi connectivity index (χ1v) is 9.42. The Balaban J connectivity index is 1.45. The Kier molecular flexibility index (Phi) is 5.43. The Morgan fingerprint density at radius 3 is 2.83 bits per heavy atom. The molecule has 3 rings (SSSR count). The highest BCUT2D eigenvalue weighted by molar-refractivity contribution is 7.99. The number of carbonyl (C=O) groups excluding carboxylic acids is 1. The number of carbonyl (C=O) groups is 1. The molecule has 2 heterocycles. The van der Waals surface area contributed by atoms with Crippen molar-refractivity contribution in [1.82, 2.24) is 4.90 Å². The van der Waals surface area contributed by atoms with Crippen molar-refractivity contribution in [2.24, 2.45) is 10.7 Å². The molecule has 6 heteroatoms.